The van der Waals surface area contributed by atoms with Crippen molar-refractivity contribution in [2.75, 3.05) is 45.9 Å². The van der Waals surface area contributed by atoms with Gasteiger partial charge in [0.1, 0.15) is 5.60 Å². The summed E-state index contributed by atoms with van der Waals surface area (Å²) < 4.78 is 7.66. The standard InChI is InChI=1S/C20H28N4O2/c25-20(15-22-9-3-4-10-22)16-23(12-13-26-17-20)14-18-6-1-2-7-19(18)24-11-5-8-21-24/h1-2,5-8,11,25H,3-4,9-10,12-17H2. The average molecular weight is 356 g/mol. The van der Waals surface area contributed by atoms with Crippen LogP contribution >= 0.6 is 0 Å². The molecule has 2 saturated heterocycles. The maximum Gasteiger partial charge on any atom is 0.113 e. The third-order valence-electron chi connectivity index (χ3n) is 5.29. The molecule has 0 aliphatic carbocycles. The summed E-state index contributed by atoms with van der Waals surface area (Å²) in [6, 6.07) is 10.3. The summed E-state index contributed by atoms with van der Waals surface area (Å²) in [5.74, 6) is 0. The first-order chi connectivity index (χ1) is 12.7. The maximum absolute atomic E-state index is 11.2. The Morgan fingerprint density at radius 3 is 2.73 bits per heavy atom. The van der Waals surface area contributed by atoms with Crippen LogP contribution in [-0.2, 0) is 11.3 Å². The van der Waals surface area contributed by atoms with Crippen molar-refractivity contribution >= 4 is 0 Å². The van der Waals surface area contributed by atoms with E-state index in [1.165, 1.54) is 18.4 Å². The lowest BCUT2D eigenvalue weighted by Crippen LogP contribution is -2.51. The molecule has 3 heterocycles. The van der Waals surface area contributed by atoms with E-state index in [0.29, 0.717) is 26.3 Å². The van der Waals surface area contributed by atoms with E-state index in [1.54, 1.807) is 6.20 Å². The van der Waals surface area contributed by atoms with Crippen LogP contribution in [0.25, 0.3) is 5.69 Å². The molecule has 6 heteroatoms. The Morgan fingerprint density at radius 1 is 1.08 bits per heavy atom. The summed E-state index contributed by atoms with van der Waals surface area (Å²) in [4.78, 5) is 4.68. The second kappa shape index (κ2) is 7.88. The number of β-amino-alcohol motifs (C(OH)–C–C–N with tert-alkyl or cyclic N) is 1. The number of hydrogen-bond donors (Lipinski definition) is 1. The van der Waals surface area contributed by atoms with Crippen LogP contribution in [0.2, 0.25) is 0 Å². The van der Waals surface area contributed by atoms with E-state index in [0.717, 1.165) is 31.9 Å². The Morgan fingerprint density at radius 2 is 1.92 bits per heavy atom. The molecular weight excluding hydrogens is 328 g/mol. The van der Waals surface area contributed by atoms with Gasteiger partial charge in [-0.05, 0) is 43.6 Å². The lowest BCUT2D eigenvalue weighted by molar-refractivity contribution is -0.0548. The van der Waals surface area contributed by atoms with Gasteiger partial charge < -0.3 is 14.7 Å². The summed E-state index contributed by atoms with van der Waals surface area (Å²) in [7, 11) is 0. The first-order valence-electron chi connectivity index (χ1n) is 9.55. The SMILES string of the molecule is OC1(CN2CCCC2)COCCN(Cc2ccccc2-n2cccn2)C1. The molecule has 4 rings (SSSR count). The van der Waals surface area contributed by atoms with Crippen molar-refractivity contribution in [2.45, 2.75) is 25.0 Å². The zero-order valence-electron chi connectivity index (χ0n) is 15.3. The van der Waals surface area contributed by atoms with Crippen molar-refractivity contribution in [3.05, 3.63) is 48.3 Å². The van der Waals surface area contributed by atoms with Crippen molar-refractivity contribution in [1.29, 1.82) is 0 Å². The van der Waals surface area contributed by atoms with Crippen LogP contribution < -0.4 is 0 Å². The van der Waals surface area contributed by atoms with Crippen LogP contribution in [0.4, 0.5) is 0 Å². The van der Waals surface area contributed by atoms with Crippen LogP contribution in [-0.4, -0.2) is 76.2 Å². The number of nitrogens with zero attached hydrogens (tertiary/aromatic N) is 4. The van der Waals surface area contributed by atoms with Crippen LogP contribution in [0.3, 0.4) is 0 Å². The Bertz CT molecular complexity index is 700. The number of para-hydroxylation sites is 1. The van der Waals surface area contributed by atoms with Crippen LogP contribution in [0.1, 0.15) is 18.4 Å². The number of likely N-dealkylation sites (tertiary alicyclic amines) is 1. The number of aromatic nitrogens is 2. The molecule has 1 atom stereocenters. The topological polar surface area (TPSA) is 53.8 Å². The maximum atomic E-state index is 11.2. The van der Waals surface area contributed by atoms with E-state index in [2.05, 4.69) is 33.1 Å². The third kappa shape index (κ3) is 4.15. The zero-order chi connectivity index (χ0) is 17.8. The van der Waals surface area contributed by atoms with E-state index in [9.17, 15) is 5.11 Å². The highest BCUT2D eigenvalue weighted by Gasteiger charge is 2.35. The summed E-state index contributed by atoms with van der Waals surface area (Å²) >= 11 is 0. The van der Waals surface area contributed by atoms with Gasteiger partial charge in [0, 0.05) is 38.6 Å². The molecule has 1 aromatic carbocycles. The highest BCUT2D eigenvalue weighted by atomic mass is 16.5. The largest absolute Gasteiger partial charge is 0.385 e. The number of rotatable bonds is 5. The molecule has 140 valence electrons. The fourth-order valence-electron chi connectivity index (χ4n) is 4.10. The van der Waals surface area contributed by atoms with Gasteiger partial charge in [0.2, 0.25) is 0 Å². The predicted octanol–water partition coefficient (Wildman–Crippen LogP) is 1.53. The van der Waals surface area contributed by atoms with E-state index >= 15 is 0 Å². The number of aliphatic hydroxyl groups is 1. The van der Waals surface area contributed by atoms with Gasteiger partial charge in [0.25, 0.3) is 0 Å². The van der Waals surface area contributed by atoms with Gasteiger partial charge in [0.05, 0.1) is 18.9 Å². The summed E-state index contributed by atoms with van der Waals surface area (Å²) in [5.41, 5.74) is 1.49. The molecule has 2 aromatic rings. The van der Waals surface area contributed by atoms with Crippen molar-refractivity contribution < 1.29 is 9.84 Å². The molecule has 6 nitrogen and oxygen atoms in total. The minimum Gasteiger partial charge on any atom is -0.385 e. The van der Waals surface area contributed by atoms with Crippen molar-refractivity contribution in [2.24, 2.45) is 0 Å². The zero-order valence-corrected chi connectivity index (χ0v) is 15.3. The fourth-order valence-corrected chi connectivity index (χ4v) is 4.10. The Kier molecular flexibility index (Phi) is 5.36. The van der Waals surface area contributed by atoms with E-state index in [1.807, 2.05) is 23.0 Å². The second-order valence-corrected chi connectivity index (χ2v) is 7.55. The lowest BCUT2D eigenvalue weighted by atomic mass is 10.0. The smallest absolute Gasteiger partial charge is 0.113 e. The molecular formula is C20H28N4O2. The molecule has 0 bridgehead atoms. The van der Waals surface area contributed by atoms with Crippen LogP contribution in [0, 0.1) is 0 Å². The van der Waals surface area contributed by atoms with Crippen LogP contribution in [0.15, 0.2) is 42.7 Å². The van der Waals surface area contributed by atoms with Gasteiger partial charge in [-0.15, -0.1) is 0 Å². The summed E-state index contributed by atoms with van der Waals surface area (Å²) in [6.07, 6.45) is 6.23. The molecule has 1 aromatic heterocycles. The van der Waals surface area contributed by atoms with Gasteiger partial charge in [-0.1, -0.05) is 18.2 Å². The summed E-state index contributed by atoms with van der Waals surface area (Å²) in [6.45, 7) is 6.20. The van der Waals surface area contributed by atoms with Crippen molar-refractivity contribution in [1.82, 2.24) is 19.6 Å². The monoisotopic (exact) mass is 356 g/mol. The minimum atomic E-state index is -0.804. The molecule has 0 spiro atoms. The lowest BCUT2D eigenvalue weighted by Gasteiger charge is -2.34. The van der Waals surface area contributed by atoms with E-state index < -0.39 is 5.60 Å². The minimum absolute atomic E-state index is 0.417. The predicted molar refractivity (Wildman–Crippen MR) is 100 cm³/mol. The van der Waals surface area contributed by atoms with Gasteiger partial charge in [0.15, 0.2) is 0 Å². The quantitative estimate of drug-likeness (QED) is 0.881. The molecule has 0 saturated carbocycles. The van der Waals surface area contributed by atoms with E-state index in [4.69, 9.17) is 4.74 Å². The number of hydrogen-bond acceptors (Lipinski definition) is 5. The van der Waals surface area contributed by atoms with Crippen molar-refractivity contribution in [3.8, 4) is 5.69 Å². The summed E-state index contributed by atoms with van der Waals surface area (Å²) in [5, 5.41) is 15.6. The number of benzene rings is 1. The first-order valence-corrected chi connectivity index (χ1v) is 9.55. The number of ether oxygens (including phenoxy) is 1. The van der Waals surface area contributed by atoms with Gasteiger partial charge in [-0.3, -0.25) is 4.90 Å². The first kappa shape index (κ1) is 17.7. The van der Waals surface area contributed by atoms with Gasteiger partial charge in [-0.2, -0.15) is 5.10 Å². The third-order valence-corrected chi connectivity index (χ3v) is 5.29. The molecule has 1 unspecified atom stereocenters. The molecule has 2 aliphatic heterocycles. The van der Waals surface area contributed by atoms with E-state index in [-0.39, 0.29) is 0 Å². The normalized spacial score (nSPS) is 25.4. The Hall–Kier alpha value is -1.73. The van der Waals surface area contributed by atoms with Crippen molar-refractivity contribution in [3.63, 3.8) is 0 Å². The second-order valence-electron chi connectivity index (χ2n) is 7.55. The highest BCUT2D eigenvalue weighted by molar-refractivity contribution is 5.40. The Labute approximate surface area is 155 Å². The van der Waals surface area contributed by atoms with Gasteiger partial charge >= 0.3 is 0 Å². The Balaban J connectivity index is 1.49. The molecule has 0 amide bonds. The van der Waals surface area contributed by atoms with Gasteiger partial charge in [-0.25, -0.2) is 4.68 Å². The molecule has 2 aliphatic rings. The fraction of sp³-hybridized carbons (Fsp3) is 0.550. The highest BCUT2D eigenvalue weighted by Crippen LogP contribution is 2.21. The molecule has 26 heavy (non-hydrogen) atoms. The average Bonchev–Trinajstić information content (AvgIpc) is 3.30. The van der Waals surface area contributed by atoms with Crippen LogP contribution in [0.5, 0.6) is 0 Å². The molecule has 2 fully saturated rings. The molecule has 1 N–H and O–H groups in total. The molecule has 0 radical (unpaired) electrons.